The van der Waals surface area contributed by atoms with Gasteiger partial charge in [-0.05, 0) is 38.5 Å². The third kappa shape index (κ3) is 4.30. The monoisotopic (exact) mass is 288 g/mol. The maximum atomic E-state index is 12.0. The highest BCUT2D eigenvalue weighted by Crippen LogP contribution is 2.13. The Labute approximate surface area is 123 Å². The van der Waals surface area contributed by atoms with E-state index in [9.17, 15) is 4.79 Å². The van der Waals surface area contributed by atoms with Crippen molar-refractivity contribution >= 4 is 5.95 Å². The summed E-state index contributed by atoms with van der Waals surface area (Å²) in [6.07, 6.45) is 0.433. The summed E-state index contributed by atoms with van der Waals surface area (Å²) in [5.74, 6) is 1.16. The highest BCUT2D eigenvalue weighted by Gasteiger charge is 2.12. The van der Waals surface area contributed by atoms with Gasteiger partial charge in [-0.3, -0.25) is 9.78 Å². The zero-order valence-electron chi connectivity index (χ0n) is 12.7. The number of benzene rings is 1. The molecule has 0 aliphatic carbocycles. The number of hydrogen-bond donors (Lipinski definition) is 2. The predicted octanol–water partition coefficient (Wildman–Crippen LogP) is 1.97. The Morgan fingerprint density at radius 1 is 1.19 bits per heavy atom. The summed E-state index contributed by atoms with van der Waals surface area (Å²) in [5, 5.41) is 11.1. The van der Waals surface area contributed by atoms with E-state index in [2.05, 4.69) is 20.5 Å². The number of rotatable bonds is 4. The van der Waals surface area contributed by atoms with Crippen LogP contribution in [0.1, 0.15) is 32.0 Å². The summed E-state index contributed by atoms with van der Waals surface area (Å²) < 4.78 is 5.10. The number of H-pyrrole nitrogens is 1. The van der Waals surface area contributed by atoms with Crippen molar-refractivity contribution in [1.29, 1.82) is 0 Å². The van der Waals surface area contributed by atoms with E-state index in [4.69, 9.17) is 4.74 Å². The van der Waals surface area contributed by atoms with Gasteiger partial charge in [0.15, 0.2) is 0 Å². The summed E-state index contributed by atoms with van der Waals surface area (Å²) in [6, 6.07) is 7.52. The van der Waals surface area contributed by atoms with Gasteiger partial charge in [-0.1, -0.05) is 12.1 Å². The standard InChI is InChI=1S/C15H20N4O2/c1-15(2,3)17-14-16-13(20)12(18-19-14)9-10-5-7-11(21-4)8-6-10/h5-8H,9H2,1-4H3,(H2,16,17,19,20). The van der Waals surface area contributed by atoms with Gasteiger partial charge < -0.3 is 10.1 Å². The minimum absolute atomic E-state index is 0.185. The smallest absolute Gasteiger partial charge is 0.274 e. The molecule has 0 aliphatic rings. The van der Waals surface area contributed by atoms with E-state index in [1.54, 1.807) is 7.11 Å². The Kier molecular flexibility index (Phi) is 4.26. The maximum absolute atomic E-state index is 12.0. The van der Waals surface area contributed by atoms with Crippen LogP contribution in [0.2, 0.25) is 0 Å². The van der Waals surface area contributed by atoms with E-state index in [-0.39, 0.29) is 11.1 Å². The molecule has 1 aromatic heterocycles. The highest BCUT2D eigenvalue weighted by molar-refractivity contribution is 5.30. The zero-order valence-corrected chi connectivity index (χ0v) is 12.7. The third-order valence-electron chi connectivity index (χ3n) is 2.79. The number of nitrogens with zero attached hydrogens (tertiary/aromatic N) is 2. The molecule has 6 heteroatoms. The quantitative estimate of drug-likeness (QED) is 0.899. The molecule has 0 saturated carbocycles. The normalized spacial score (nSPS) is 11.2. The van der Waals surface area contributed by atoms with E-state index in [1.807, 2.05) is 45.0 Å². The minimum Gasteiger partial charge on any atom is -0.497 e. The average molecular weight is 288 g/mol. The largest absolute Gasteiger partial charge is 0.497 e. The predicted molar refractivity (Wildman–Crippen MR) is 81.8 cm³/mol. The third-order valence-corrected chi connectivity index (χ3v) is 2.79. The first-order valence-electron chi connectivity index (χ1n) is 6.74. The molecule has 0 aliphatic heterocycles. The maximum Gasteiger partial charge on any atom is 0.274 e. The molecule has 0 saturated heterocycles. The molecule has 2 aromatic rings. The number of ether oxygens (including phenoxy) is 1. The molecule has 6 nitrogen and oxygen atoms in total. The molecular weight excluding hydrogens is 268 g/mol. The molecule has 1 aromatic carbocycles. The number of hydrogen-bond acceptors (Lipinski definition) is 5. The van der Waals surface area contributed by atoms with Crippen molar-refractivity contribution < 1.29 is 4.74 Å². The lowest BCUT2D eigenvalue weighted by atomic mass is 10.1. The van der Waals surface area contributed by atoms with Crippen LogP contribution in [-0.4, -0.2) is 27.8 Å². The van der Waals surface area contributed by atoms with Gasteiger partial charge in [-0.2, -0.15) is 0 Å². The summed E-state index contributed by atoms with van der Waals surface area (Å²) in [4.78, 5) is 14.7. The molecule has 0 spiro atoms. The summed E-state index contributed by atoms with van der Waals surface area (Å²) in [5.41, 5.74) is 0.953. The fourth-order valence-electron chi connectivity index (χ4n) is 1.82. The lowest BCUT2D eigenvalue weighted by Gasteiger charge is -2.20. The molecule has 0 fully saturated rings. The van der Waals surface area contributed by atoms with Crippen LogP contribution in [0.15, 0.2) is 29.1 Å². The second kappa shape index (κ2) is 5.95. The SMILES string of the molecule is COc1ccc(Cc2nnc(NC(C)(C)C)[nH]c2=O)cc1. The minimum atomic E-state index is -0.229. The van der Waals surface area contributed by atoms with Gasteiger partial charge in [-0.25, -0.2) is 0 Å². The van der Waals surface area contributed by atoms with E-state index < -0.39 is 0 Å². The van der Waals surface area contributed by atoms with Crippen LogP contribution < -0.4 is 15.6 Å². The Morgan fingerprint density at radius 2 is 1.86 bits per heavy atom. The first kappa shape index (κ1) is 15.0. The Bertz CT molecular complexity index is 657. The molecule has 0 radical (unpaired) electrons. The number of aromatic amines is 1. The molecule has 21 heavy (non-hydrogen) atoms. The van der Waals surface area contributed by atoms with Crippen LogP contribution in [0.25, 0.3) is 0 Å². The number of methoxy groups -OCH3 is 1. The van der Waals surface area contributed by atoms with Crippen molar-refractivity contribution in [3.8, 4) is 5.75 Å². The second-order valence-electron chi connectivity index (χ2n) is 5.85. The van der Waals surface area contributed by atoms with Gasteiger partial charge in [0.25, 0.3) is 5.56 Å². The molecule has 0 unspecified atom stereocenters. The van der Waals surface area contributed by atoms with Gasteiger partial charge in [0.05, 0.1) is 7.11 Å². The van der Waals surface area contributed by atoms with Crippen molar-refractivity contribution in [1.82, 2.24) is 15.2 Å². The molecule has 1 heterocycles. The first-order chi connectivity index (χ1) is 9.87. The van der Waals surface area contributed by atoms with Crippen molar-refractivity contribution in [3.05, 3.63) is 45.9 Å². The average Bonchev–Trinajstić information content (AvgIpc) is 2.41. The molecule has 0 amide bonds. The van der Waals surface area contributed by atoms with Crippen LogP contribution in [0.5, 0.6) is 5.75 Å². The topological polar surface area (TPSA) is 79.9 Å². The lowest BCUT2D eigenvalue weighted by Crippen LogP contribution is -2.30. The van der Waals surface area contributed by atoms with Gasteiger partial charge in [0, 0.05) is 12.0 Å². The molecule has 0 bridgehead atoms. The number of aromatic nitrogens is 3. The van der Waals surface area contributed by atoms with Crippen molar-refractivity contribution in [2.75, 3.05) is 12.4 Å². The molecular formula is C15H20N4O2. The van der Waals surface area contributed by atoms with Crippen LogP contribution in [0, 0.1) is 0 Å². The lowest BCUT2D eigenvalue weighted by molar-refractivity contribution is 0.414. The van der Waals surface area contributed by atoms with Gasteiger partial charge >= 0.3 is 0 Å². The Balaban J connectivity index is 2.15. The van der Waals surface area contributed by atoms with Gasteiger partial charge in [0.2, 0.25) is 5.95 Å². The van der Waals surface area contributed by atoms with E-state index in [0.717, 1.165) is 11.3 Å². The van der Waals surface area contributed by atoms with Crippen LogP contribution in [0.3, 0.4) is 0 Å². The summed E-state index contributed by atoms with van der Waals surface area (Å²) in [6.45, 7) is 5.95. The molecule has 112 valence electrons. The van der Waals surface area contributed by atoms with Gasteiger partial charge in [0.1, 0.15) is 11.4 Å². The van der Waals surface area contributed by atoms with E-state index in [0.29, 0.717) is 18.1 Å². The van der Waals surface area contributed by atoms with E-state index in [1.165, 1.54) is 0 Å². The Morgan fingerprint density at radius 3 is 2.38 bits per heavy atom. The van der Waals surface area contributed by atoms with Crippen molar-refractivity contribution in [2.45, 2.75) is 32.7 Å². The fraction of sp³-hybridized carbons (Fsp3) is 0.400. The molecule has 2 rings (SSSR count). The van der Waals surface area contributed by atoms with Crippen LogP contribution in [0.4, 0.5) is 5.95 Å². The number of anilines is 1. The van der Waals surface area contributed by atoms with Crippen molar-refractivity contribution in [2.24, 2.45) is 0 Å². The van der Waals surface area contributed by atoms with Gasteiger partial charge in [-0.15, -0.1) is 10.2 Å². The van der Waals surface area contributed by atoms with E-state index >= 15 is 0 Å². The summed E-state index contributed by atoms with van der Waals surface area (Å²) >= 11 is 0. The molecule has 0 atom stereocenters. The first-order valence-corrected chi connectivity index (χ1v) is 6.74. The van der Waals surface area contributed by atoms with Crippen LogP contribution in [-0.2, 0) is 6.42 Å². The zero-order chi connectivity index (χ0) is 15.5. The van der Waals surface area contributed by atoms with Crippen molar-refractivity contribution in [3.63, 3.8) is 0 Å². The second-order valence-corrected chi connectivity index (χ2v) is 5.85. The van der Waals surface area contributed by atoms with Crippen LogP contribution >= 0.6 is 0 Å². The fourth-order valence-corrected chi connectivity index (χ4v) is 1.82. The summed E-state index contributed by atoms with van der Waals surface area (Å²) in [7, 11) is 1.62. The highest BCUT2D eigenvalue weighted by atomic mass is 16.5. The Hall–Kier alpha value is -2.37. The molecule has 2 N–H and O–H groups in total. The number of nitrogens with one attached hydrogen (secondary N) is 2.